The van der Waals surface area contributed by atoms with Crippen LogP contribution in [0.25, 0.3) is 0 Å². The van der Waals surface area contributed by atoms with Crippen molar-refractivity contribution < 1.29 is 14.3 Å². The van der Waals surface area contributed by atoms with Gasteiger partial charge >= 0.3 is 0 Å². The summed E-state index contributed by atoms with van der Waals surface area (Å²) in [7, 11) is 0. The Kier molecular flexibility index (Phi) is 5.90. The molecule has 0 aromatic heterocycles. The zero-order valence-corrected chi connectivity index (χ0v) is 14.5. The van der Waals surface area contributed by atoms with Gasteiger partial charge in [-0.2, -0.15) is 0 Å². The molecule has 1 atom stereocenters. The van der Waals surface area contributed by atoms with Crippen molar-refractivity contribution in [1.82, 2.24) is 10.2 Å². The number of nitrogens with zero attached hydrogens (tertiary/aromatic N) is 1. The zero-order valence-electron chi connectivity index (χ0n) is 14.5. The van der Waals surface area contributed by atoms with Crippen LogP contribution in [0.1, 0.15) is 12.5 Å². The molecular weight excluding hydrogens is 316 g/mol. The number of hydrogen-bond acceptors (Lipinski definition) is 4. The van der Waals surface area contributed by atoms with E-state index < -0.39 is 0 Å². The number of rotatable bonds is 7. The van der Waals surface area contributed by atoms with Gasteiger partial charge < -0.3 is 14.8 Å². The minimum atomic E-state index is -0.164. The number of hydrogen-bond donors (Lipinski definition) is 1. The number of nitrogens with one attached hydrogen (secondary N) is 1. The molecule has 132 valence electrons. The van der Waals surface area contributed by atoms with Crippen LogP contribution in [0.3, 0.4) is 0 Å². The van der Waals surface area contributed by atoms with Gasteiger partial charge in [-0.05, 0) is 24.2 Å². The van der Waals surface area contributed by atoms with Crippen molar-refractivity contribution in [3.63, 3.8) is 0 Å². The second kappa shape index (κ2) is 8.53. The third-order valence-corrected chi connectivity index (χ3v) is 4.16. The highest BCUT2D eigenvalue weighted by Crippen LogP contribution is 2.30. The normalized spacial score (nSPS) is 15.8. The quantitative estimate of drug-likeness (QED) is 0.841. The standard InChI is InChI=1S/C20H24N2O3/c1-2-22(13-16-8-4-3-5-9-16)14-20(23)21-12-17-15-24-18-10-6-7-11-19(18)25-17/h3-11,17H,2,12-15H2,1H3,(H,21,23). The summed E-state index contributed by atoms with van der Waals surface area (Å²) in [5.74, 6) is 1.48. The lowest BCUT2D eigenvalue weighted by molar-refractivity contribution is -0.122. The van der Waals surface area contributed by atoms with Gasteiger partial charge in [0.1, 0.15) is 12.7 Å². The molecule has 1 heterocycles. The summed E-state index contributed by atoms with van der Waals surface area (Å²) in [4.78, 5) is 14.4. The summed E-state index contributed by atoms with van der Waals surface area (Å²) < 4.78 is 11.5. The second-order valence-corrected chi connectivity index (χ2v) is 6.09. The van der Waals surface area contributed by atoms with E-state index in [1.54, 1.807) is 0 Å². The molecule has 5 nitrogen and oxygen atoms in total. The fraction of sp³-hybridized carbons (Fsp3) is 0.350. The molecule has 1 unspecified atom stereocenters. The molecule has 1 amide bonds. The average Bonchev–Trinajstić information content (AvgIpc) is 2.66. The van der Waals surface area contributed by atoms with Gasteiger partial charge in [0.2, 0.25) is 5.91 Å². The predicted octanol–water partition coefficient (Wildman–Crippen LogP) is 2.46. The summed E-state index contributed by atoms with van der Waals surface area (Å²) >= 11 is 0. The van der Waals surface area contributed by atoms with Gasteiger partial charge in [0.25, 0.3) is 0 Å². The van der Waals surface area contributed by atoms with Crippen molar-refractivity contribution in [2.24, 2.45) is 0 Å². The molecule has 25 heavy (non-hydrogen) atoms. The van der Waals surface area contributed by atoms with E-state index in [1.165, 1.54) is 5.56 Å². The highest BCUT2D eigenvalue weighted by Gasteiger charge is 2.21. The number of para-hydroxylation sites is 2. The monoisotopic (exact) mass is 340 g/mol. The second-order valence-electron chi connectivity index (χ2n) is 6.09. The lowest BCUT2D eigenvalue weighted by atomic mass is 10.2. The Morgan fingerprint density at radius 2 is 1.84 bits per heavy atom. The molecule has 0 bridgehead atoms. The first-order chi connectivity index (χ1) is 12.2. The number of fused-ring (bicyclic) bond motifs is 1. The molecule has 2 aromatic carbocycles. The number of amides is 1. The van der Waals surface area contributed by atoms with Crippen LogP contribution in [-0.2, 0) is 11.3 Å². The molecule has 3 rings (SSSR count). The minimum Gasteiger partial charge on any atom is -0.486 e. The Bertz CT molecular complexity index is 690. The summed E-state index contributed by atoms with van der Waals surface area (Å²) in [5, 5.41) is 2.95. The van der Waals surface area contributed by atoms with Crippen LogP contribution in [-0.4, -0.2) is 43.2 Å². The molecule has 0 saturated carbocycles. The third-order valence-electron chi connectivity index (χ3n) is 4.16. The lowest BCUT2D eigenvalue weighted by Gasteiger charge is -2.27. The van der Waals surface area contributed by atoms with E-state index in [2.05, 4.69) is 29.3 Å². The number of benzene rings is 2. The SMILES string of the molecule is CCN(CC(=O)NCC1COc2ccccc2O1)Cc1ccccc1. The summed E-state index contributed by atoms with van der Waals surface area (Å²) in [6, 6.07) is 17.8. The molecule has 0 aliphatic carbocycles. The van der Waals surface area contributed by atoms with Crippen LogP contribution < -0.4 is 14.8 Å². The Morgan fingerprint density at radius 1 is 1.12 bits per heavy atom. The average molecular weight is 340 g/mol. The topological polar surface area (TPSA) is 50.8 Å². The van der Waals surface area contributed by atoms with Crippen LogP contribution in [0.15, 0.2) is 54.6 Å². The fourth-order valence-corrected chi connectivity index (χ4v) is 2.77. The van der Waals surface area contributed by atoms with E-state index >= 15 is 0 Å². The Morgan fingerprint density at radius 3 is 2.60 bits per heavy atom. The predicted molar refractivity (Wildman–Crippen MR) is 96.8 cm³/mol. The minimum absolute atomic E-state index is 0.000222. The molecule has 1 aliphatic heterocycles. The van der Waals surface area contributed by atoms with Crippen LogP contribution in [0.2, 0.25) is 0 Å². The van der Waals surface area contributed by atoms with Crippen LogP contribution in [0.4, 0.5) is 0 Å². The smallest absolute Gasteiger partial charge is 0.234 e. The van der Waals surface area contributed by atoms with E-state index in [1.807, 2.05) is 42.5 Å². The Hall–Kier alpha value is -2.53. The molecule has 5 heteroatoms. The lowest BCUT2D eigenvalue weighted by Crippen LogP contribution is -2.44. The largest absolute Gasteiger partial charge is 0.486 e. The van der Waals surface area contributed by atoms with Gasteiger partial charge in [-0.25, -0.2) is 0 Å². The molecule has 2 aromatic rings. The van der Waals surface area contributed by atoms with Crippen LogP contribution in [0, 0.1) is 0 Å². The highest BCUT2D eigenvalue weighted by atomic mass is 16.6. The van der Waals surface area contributed by atoms with Gasteiger partial charge in [-0.3, -0.25) is 9.69 Å². The van der Waals surface area contributed by atoms with Gasteiger partial charge in [-0.15, -0.1) is 0 Å². The van der Waals surface area contributed by atoms with Crippen molar-refractivity contribution in [1.29, 1.82) is 0 Å². The summed E-state index contributed by atoms with van der Waals surface area (Å²) in [6.45, 7) is 4.90. The van der Waals surface area contributed by atoms with Gasteiger partial charge in [0, 0.05) is 6.54 Å². The Balaban J connectivity index is 1.44. The molecule has 0 radical (unpaired) electrons. The van der Waals surface area contributed by atoms with Crippen molar-refractivity contribution in [3.05, 3.63) is 60.2 Å². The van der Waals surface area contributed by atoms with E-state index in [4.69, 9.17) is 9.47 Å². The molecule has 0 saturated heterocycles. The maximum atomic E-state index is 12.2. The summed E-state index contributed by atoms with van der Waals surface area (Å²) in [5.41, 5.74) is 1.21. The number of ether oxygens (including phenoxy) is 2. The van der Waals surface area contributed by atoms with Crippen molar-refractivity contribution in [2.45, 2.75) is 19.6 Å². The molecule has 0 fully saturated rings. The van der Waals surface area contributed by atoms with Gasteiger partial charge in [-0.1, -0.05) is 49.4 Å². The van der Waals surface area contributed by atoms with Crippen LogP contribution in [0.5, 0.6) is 11.5 Å². The summed E-state index contributed by atoms with van der Waals surface area (Å²) in [6.07, 6.45) is -0.164. The van der Waals surface area contributed by atoms with E-state index in [0.717, 1.165) is 24.6 Å². The van der Waals surface area contributed by atoms with Gasteiger partial charge in [0.05, 0.1) is 13.1 Å². The van der Waals surface area contributed by atoms with E-state index in [9.17, 15) is 4.79 Å². The fourth-order valence-electron chi connectivity index (χ4n) is 2.77. The van der Waals surface area contributed by atoms with E-state index in [-0.39, 0.29) is 12.0 Å². The molecule has 1 N–H and O–H groups in total. The molecule has 1 aliphatic rings. The number of carbonyl (C=O) groups is 1. The van der Waals surface area contributed by atoms with E-state index in [0.29, 0.717) is 19.7 Å². The first-order valence-corrected chi connectivity index (χ1v) is 8.66. The van der Waals surface area contributed by atoms with Crippen molar-refractivity contribution in [3.8, 4) is 11.5 Å². The first kappa shape index (κ1) is 17.3. The third kappa shape index (κ3) is 4.97. The molecular formula is C20H24N2O3. The number of likely N-dealkylation sites (N-methyl/N-ethyl adjacent to an activating group) is 1. The zero-order chi connectivity index (χ0) is 17.5. The Labute approximate surface area is 148 Å². The van der Waals surface area contributed by atoms with Crippen molar-refractivity contribution >= 4 is 5.91 Å². The maximum absolute atomic E-state index is 12.2. The molecule has 0 spiro atoms. The van der Waals surface area contributed by atoms with Gasteiger partial charge in [0.15, 0.2) is 11.5 Å². The van der Waals surface area contributed by atoms with Crippen LogP contribution >= 0.6 is 0 Å². The highest BCUT2D eigenvalue weighted by molar-refractivity contribution is 5.78. The number of carbonyl (C=O) groups excluding carboxylic acids is 1. The maximum Gasteiger partial charge on any atom is 0.234 e. The van der Waals surface area contributed by atoms with Crippen molar-refractivity contribution in [2.75, 3.05) is 26.2 Å². The first-order valence-electron chi connectivity index (χ1n) is 8.66.